The minimum absolute atomic E-state index is 0.199. The van der Waals surface area contributed by atoms with Crippen molar-refractivity contribution in [3.63, 3.8) is 0 Å². The minimum Gasteiger partial charge on any atom is -0.493 e. The minimum atomic E-state index is -0.266. The van der Waals surface area contributed by atoms with E-state index in [2.05, 4.69) is 10.6 Å². The van der Waals surface area contributed by atoms with Gasteiger partial charge in [0.2, 0.25) is 0 Å². The van der Waals surface area contributed by atoms with E-state index < -0.39 is 0 Å². The van der Waals surface area contributed by atoms with E-state index >= 15 is 0 Å². The van der Waals surface area contributed by atoms with Crippen LogP contribution in [0.15, 0.2) is 24.3 Å². The van der Waals surface area contributed by atoms with E-state index in [9.17, 15) is 4.79 Å². The Morgan fingerprint density at radius 1 is 1.38 bits per heavy atom. The van der Waals surface area contributed by atoms with Crippen molar-refractivity contribution in [3.05, 3.63) is 24.3 Å². The predicted molar refractivity (Wildman–Crippen MR) is 80.7 cm³/mol. The molecule has 2 N–H and O–H groups in total. The van der Waals surface area contributed by atoms with Crippen molar-refractivity contribution in [1.82, 2.24) is 5.32 Å². The molecule has 1 heterocycles. The van der Waals surface area contributed by atoms with Gasteiger partial charge < -0.3 is 20.1 Å². The fraction of sp³-hybridized carbons (Fsp3) is 0.562. The van der Waals surface area contributed by atoms with Gasteiger partial charge in [-0.25, -0.2) is 4.79 Å². The molecule has 0 bridgehead atoms. The van der Waals surface area contributed by atoms with Gasteiger partial charge in [-0.1, -0.05) is 0 Å². The van der Waals surface area contributed by atoms with Crippen LogP contribution in [0.2, 0.25) is 0 Å². The lowest BCUT2D eigenvalue weighted by atomic mass is 10.0. The molecule has 1 atom stereocenters. The quantitative estimate of drug-likeness (QED) is 0.876. The molecule has 0 aromatic heterocycles. The lowest BCUT2D eigenvalue weighted by Gasteiger charge is -2.23. The number of hydrogen-bond acceptors (Lipinski definition) is 3. The Labute approximate surface area is 125 Å². The topological polar surface area (TPSA) is 59.6 Å². The van der Waals surface area contributed by atoms with Crippen LogP contribution >= 0.6 is 0 Å². The Morgan fingerprint density at radius 3 is 2.76 bits per heavy atom. The molecule has 1 saturated carbocycles. The molecular weight excluding hydrogens is 268 g/mol. The van der Waals surface area contributed by atoms with Crippen LogP contribution in [-0.2, 0) is 4.74 Å². The Hall–Kier alpha value is -1.75. The highest BCUT2D eigenvalue weighted by Gasteiger charge is 2.31. The Kier molecular flexibility index (Phi) is 4.01. The Bertz CT molecular complexity index is 491. The van der Waals surface area contributed by atoms with E-state index in [-0.39, 0.29) is 11.6 Å². The van der Waals surface area contributed by atoms with Gasteiger partial charge in [-0.3, -0.25) is 0 Å². The van der Waals surface area contributed by atoms with E-state index in [1.165, 1.54) is 12.8 Å². The number of carbonyl (C=O) groups excluding carboxylic acids is 1. The van der Waals surface area contributed by atoms with Gasteiger partial charge in [0.05, 0.1) is 18.8 Å². The normalized spacial score (nSPS) is 24.6. The molecule has 3 rings (SSSR count). The van der Waals surface area contributed by atoms with Crippen molar-refractivity contribution < 1.29 is 14.3 Å². The molecule has 1 unspecified atom stereocenters. The van der Waals surface area contributed by atoms with Gasteiger partial charge in [-0.15, -0.1) is 0 Å². The summed E-state index contributed by atoms with van der Waals surface area (Å²) in [6, 6.07) is 7.29. The number of ether oxygens (including phenoxy) is 2. The maximum Gasteiger partial charge on any atom is 0.319 e. The molecule has 5 nitrogen and oxygen atoms in total. The van der Waals surface area contributed by atoms with Crippen LogP contribution in [0.4, 0.5) is 10.5 Å². The third-order valence-electron chi connectivity index (χ3n) is 3.93. The van der Waals surface area contributed by atoms with Crippen molar-refractivity contribution in [3.8, 4) is 5.75 Å². The number of anilines is 1. The number of hydrogen-bond donors (Lipinski definition) is 2. The molecule has 114 valence electrons. The molecule has 5 heteroatoms. The Balaban J connectivity index is 1.48. The molecule has 2 amide bonds. The zero-order valence-electron chi connectivity index (χ0n) is 12.4. The van der Waals surface area contributed by atoms with Crippen molar-refractivity contribution in [2.75, 3.05) is 25.1 Å². The average molecular weight is 290 g/mol. The zero-order valence-corrected chi connectivity index (χ0v) is 12.4. The SMILES string of the molecule is CC1(NC(=O)Nc2ccc(OCC3CC3)cc2)CCOC1. The molecule has 1 aromatic rings. The number of urea groups is 1. The molecule has 0 radical (unpaired) electrons. The van der Waals surface area contributed by atoms with Gasteiger partial charge >= 0.3 is 6.03 Å². The lowest BCUT2D eigenvalue weighted by molar-refractivity contribution is 0.172. The van der Waals surface area contributed by atoms with Crippen LogP contribution in [0.5, 0.6) is 5.75 Å². The highest BCUT2D eigenvalue weighted by molar-refractivity contribution is 5.89. The van der Waals surface area contributed by atoms with Crippen molar-refractivity contribution >= 4 is 11.7 Å². The highest BCUT2D eigenvalue weighted by Crippen LogP contribution is 2.29. The van der Waals surface area contributed by atoms with Gasteiger partial charge in [0, 0.05) is 12.3 Å². The monoisotopic (exact) mass is 290 g/mol. The van der Waals surface area contributed by atoms with Gasteiger partial charge in [0.25, 0.3) is 0 Å². The van der Waals surface area contributed by atoms with Crippen LogP contribution in [0.1, 0.15) is 26.2 Å². The average Bonchev–Trinajstić information content (AvgIpc) is 3.19. The summed E-state index contributed by atoms with van der Waals surface area (Å²) >= 11 is 0. The van der Waals surface area contributed by atoms with Crippen molar-refractivity contribution in [2.45, 2.75) is 31.7 Å². The number of carbonyl (C=O) groups is 1. The Morgan fingerprint density at radius 2 is 2.14 bits per heavy atom. The van der Waals surface area contributed by atoms with E-state index in [0.29, 0.717) is 13.2 Å². The summed E-state index contributed by atoms with van der Waals surface area (Å²) in [4.78, 5) is 12.0. The molecule has 21 heavy (non-hydrogen) atoms. The zero-order chi connectivity index (χ0) is 14.7. The maximum atomic E-state index is 12.0. The van der Waals surface area contributed by atoms with Crippen LogP contribution in [0, 0.1) is 5.92 Å². The summed E-state index contributed by atoms with van der Waals surface area (Å²) in [5.74, 6) is 1.59. The van der Waals surface area contributed by atoms with Crippen LogP contribution in [0.25, 0.3) is 0 Å². The second kappa shape index (κ2) is 5.93. The van der Waals surface area contributed by atoms with Crippen LogP contribution in [-0.4, -0.2) is 31.4 Å². The fourth-order valence-electron chi connectivity index (χ4n) is 2.34. The first-order valence-electron chi connectivity index (χ1n) is 7.53. The summed E-state index contributed by atoms with van der Waals surface area (Å²) in [5, 5.41) is 5.80. The molecule has 1 saturated heterocycles. The summed E-state index contributed by atoms with van der Waals surface area (Å²) in [6.45, 7) is 4.05. The number of rotatable bonds is 5. The number of nitrogens with one attached hydrogen (secondary N) is 2. The maximum absolute atomic E-state index is 12.0. The third-order valence-corrected chi connectivity index (χ3v) is 3.93. The molecule has 2 fully saturated rings. The van der Waals surface area contributed by atoms with Crippen molar-refractivity contribution in [1.29, 1.82) is 0 Å². The van der Waals surface area contributed by atoms with Crippen LogP contribution in [0.3, 0.4) is 0 Å². The van der Waals surface area contributed by atoms with E-state index in [0.717, 1.165) is 30.4 Å². The second-order valence-corrected chi connectivity index (χ2v) is 6.22. The van der Waals surface area contributed by atoms with E-state index in [1.807, 2.05) is 31.2 Å². The molecule has 1 aliphatic heterocycles. The van der Waals surface area contributed by atoms with Gasteiger partial charge in [-0.2, -0.15) is 0 Å². The lowest BCUT2D eigenvalue weighted by Crippen LogP contribution is -2.48. The second-order valence-electron chi connectivity index (χ2n) is 6.22. The van der Waals surface area contributed by atoms with Gasteiger partial charge in [0.1, 0.15) is 5.75 Å². The summed E-state index contributed by atoms with van der Waals surface area (Å²) < 4.78 is 11.0. The predicted octanol–water partition coefficient (Wildman–Crippen LogP) is 2.78. The molecular formula is C16H22N2O3. The molecule has 1 aromatic carbocycles. The molecule has 0 spiro atoms. The highest BCUT2D eigenvalue weighted by atomic mass is 16.5. The third kappa shape index (κ3) is 4.11. The first kappa shape index (κ1) is 14.2. The van der Waals surface area contributed by atoms with E-state index in [1.54, 1.807) is 0 Å². The summed E-state index contributed by atoms with van der Waals surface area (Å²) in [6.07, 6.45) is 3.40. The first-order chi connectivity index (χ1) is 10.1. The van der Waals surface area contributed by atoms with Gasteiger partial charge in [-0.05, 0) is 56.4 Å². The number of benzene rings is 1. The van der Waals surface area contributed by atoms with Crippen molar-refractivity contribution in [2.24, 2.45) is 5.92 Å². The smallest absolute Gasteiger partial charge is 0.319 e. The number of amides is 2. The summed E-state index contributed by atoms with van der Waals surface area (Å²) in [7, 11) is 0. The van der Waals surface area contributed by atoms with Gasteiger partial charge in [0.15, 0.2) is 0 Å². The first-order valence-corrected chi connectivity index (χ1v) is 7.53. The summed E-state index contributed by atoms with van der Waals surface area (Å²) in [5.41, 5.74) is 0.492. The molecule has 2 aliphatic rings. The molecule has 1 aliphatic carbocycles. The standard InChI is InChI=1S/C16H22N2O3/c1-16(8-9-20-11-16)18-15(19)17-13-4-6-14(7-5-13)21-10-12-2-3-12/h4-7,12H,2-3,8-11H2,1H3,(H2,17,18,19). The fourth-order valence-corrected chi connectivity index (χ4v) is 2.34. The largest absolute Gasteiger partial charge is 0.493 e. The van der Waals surface area contributed by atoms with Crippen LogP contribution < -0.4 is 15.4 Å². The van der Waals surface area contributed by atoms with E-state index in [4.69, 9.17) is 9.47 Å².